The molecular formula is C28H32F4N3O3. The number of imidazole rings is 1. The first-order chi connectivity index (χ1) is 17.9. The van der Waals surface area contributed by atoms with Crippen LogP contribution in [-0.2, 0) is 19.3 Å². The number of amides is 1. The average molecular weight is 535 g/mol. The van der Waals surface area contributed by atoms with Crippen LogP contribution in [0.4, 0.5) is 17.6 Å². The average Bonchev–Trinajstić information content (AvgIpc) is 3.26. The van der Waals surface area contributed by atoms with Crippen LogP contribution in [0.1, 0.15) is 66.3 Å². The van der Waals surface area contributed by atoms with Crippen LogP contribution in [0.25, 0.3) is 11.4 Å². The van der Waals surface area contributed by atoms with Crippen molar-refractivity contribution in [1.82, 2.24) is 14.9 Å². The lowest BCUT2D eigenvalue weighted by Gasteiger charge is -2.19. The quantitative estimate of drug-likeness (QED) is 0.284. The summed E-state index contributed by atoms with van der Waals surface area (Å²) in [7, 11) is 0. The van der Waals surface area contributed by atoms with Gasteiger partial charge in [-0.1, -0.05) is 39.0 Å². The molecule has 3 aromatic rings. The van der Waals surface area contributed by atoms with E-state index in [-0.39, 0.29) is 49.5 Å². The van der Waals surface area contributed by atoms with Gasteiger partial charge in [0.2, 0.25) is 0 Å². The van der Waals surface area contributed by atoms with Gasteiger partial charge in [0, 0.05) is 18.7 Å². The summed E-state index contributed by atoms with van der Waals surface area (Å²) in [5.74, 6) is -0.961. The monoisotopic (exact) mass is 534 g/mol. The highest BCUT2D eigenvalue weighted by Gasteiger charge is 2.33. The predicted octanol–water partition coefficient (Wildman–Crippen LogP) is 5.49. The lowest BCUT2D eigenvalue weighted by molar-refractivity contribution is -0.138. The Morgan fingerprint density at radius 3 is 2.34 bits per heavy atom. The van der Waals surface area contributed by atoms with E-state index in [2.05, 4.69) is 17.2 Å². The Bertz CT molecular complexity index is 1220. The molecule has 0 aliphatic rings. The van der Waals surface area contributed by atoms with Crippen molar-refractivity contribution in [3.05, 3.63) is 83.8 Å². The fourth-order valence-corrected chi connectivity index (χ4v) is 4.30. The lowest BCUT2D eigenvalue weighted by atomic mass is 10.0. The normalized spacial score (nSPS) is 13.5. The zero-order valence-corrected chi connectivity index (χ0v) is 21.3. The summed E-state index contributed by atoms with van der Waals surface area (Å²) in [4.78, 5) is 17.8. The van der Waals surface area contributed by atoms with Gasteiger partial charge >= 0.3 is 6.18 Å². The van der Waals surface area contributed by atoms with Crippen LogP contribution < -0.4 is 5.32 Å². The first-order valence-electron chi connectivity index (χ1n) is 12.4. The van der Waals surface area contributed by atoms with Crippen molar-refractivity contribution in [1.29, 1.82) is 0 Å². The number of benzene rings is 2. The number of aliphatic hydroxyl groups excluding tert-OH is 2. The number of rotatable bonds is 11. The fourth-order valence-electron chi connectivity index (χ4n) is 4.30. The van der Waals surface area contributed by atoms with Crippen molar-refractivity contribution in [3.63, 3.8) is 0 Å². The minimum Gasteiger partial charge on any atom is -0.393 e. The molecule has 6 nitrogen and oxygen atoms in total. The molecule has 0 spiro atoms. The van der Waals surface area contributed by atoms with Crippen LogP contribution in [0.2, 0.25) is 0 Å². The van der Waals surface area contributed by atoms with Crippen LogP contribution in [-0.4, -0.2) is 37.9 Å². The first-order valence-corrected chi connectivity index (χ1v) is 12.4. The summed E-state index contributed by atoms with van der Waals surface area (Å²) in [5.41, 5.74) is 0.180. The van der Waals surface area contributed by atoms with Crippen molar-refractivity contribution in [3.8, 4) is 11.4 Å². The van der Waals surface area contributed by atoms with E-state index in [1.807, 2.05) is 13.8 Å². The third kappa shape index (κ3) is 7.20. The van der Waals surface area contributed by atoms with Gasteiger partial charge in [-0.05, 0) is 61.1 Å². The molecule has 0 saturated heterocycles. The zero-order chi connectivity index (χ0) is 28.0. The Kier molecular flexibility index (Phi) is 9.67. The summed E-state index contributed by atoms with van der Waals surface area (Å²) in [6.07, 6.45) is -5.54. The number of aromatic nitrogens is 2. The maximum Gasteiger partial charge on any atom is 0.416 e. The second-order valence-electron chi connectivity index (χ2n) is 9.44. The highest BCUT2D eigenvalue weighted by atomic mass is 19.4. The van der Waals surface area contributed by atoms with Gasteiger partial charge in [-0.15, -0.1) is 0 Å². The van der Waals surface area contributed by atoms with E-state index in [0.29, 0.717) is 17.1 Å². The Balaban J connectivity index is 1.96. The Hall–Kier alpha value is -3.24. The second-order valence-corrected chi connectivity index (χ2v) is 9.44. The number of nitrogens with one attached hydrogen (secondary N) is 1. The molecule has 38 heavy (non-hydrogen) atoms. The summed E-state index contributed by atoms with van der Waals surface area (Å²) < 4.78 is 55.5. The van der Waals surface area contributed by atoms with Gasteiger partial charge in [-0.2, -0.15) is 13.2 Å². The highest BCUT2D eigenvalue weighted by Crippen LogP contribution is 2.32. The Morgan fingerprint density at radius 1 is 1.08 bits per heavy atom. The summed E-state index contributed by atoms with van der Waals surface area (Å²) in [6, 6.07) is 10.6. The maximum atomic E-state index is 13.6. The van der Waals surface area contributed by atoms with Gasteiger partial charge in [-0.25, -0.2) is 9.37 Å². The molecule has 0 saturated carbocycles. The number of carbonyl (C=O) groups is 1. The molecule has 2 atom stereocenters. The number of aliphatic hydroxyl groups is 2. The molecule has 0 aliphatic carbocycles. The van der Waals surface area contributed by atoms with Crippen LogP contribution >= 0.6 is 0 Å². The minimum absolute atomic E-state index is 0.0381. The van der Waals surface area contributed by atoms with E-state index in [1.54, 1.807) is 4.57 Å². The molecule has 205 valence electrons. The van der Waals surface area contributed by atoms with Crippen LogP contribution in [0.5, 0.6) is 0 Å². The molecule has 0 bridgehead atoms. The van der Waals surface area contributed by atoms with E-state index < -0.39 is 35.7 Å². The van der Waals surface area contributed by atoms with Gasteiger partial charge in [-0.3, -0.25) is 4.79 Å². The Labute approximate surface area is 219 Å². The molecule has 1 amide bonds. The summed E-state index contributed by atoms with van der Waals surface area (Å²) in [5, 5.41) is 22.8. The molecule has 3 rings (SSSR count). The standard InChI is InChI=1S/C28H32F4N3O3/c1-4-21(36)15-22(37)13-14-35-25(17(2)3)24(34-26(35)18-9-11-20(29)12-10-18)27(38)33-16-19-7-5-6-8-23(19)28(30,31)32/h5-12,17,21-22,36-37H,1,4,13-16H2,2-3H3,(H,33,38). The van der Waals surface area contributed by atoms with Gasteiger partial charge in [0.05, 0.1) is 23.5 Å². The zero-order valence-electron chi connectivity index (χ0n) is 21.3. The van der Waals surface area contributed by atoms with E-state index in [4.69, 9.17) is 0 Å². The molecular weight excluding hydrogens is 502 g/mol. The van der Waals surface area contributed by atoms with Crippen molar-refractivity contribution < 1.29 is 32.6 Å². The van der Waals surface area contributed by atoms with E-state index >= 15 is 0 Å². The molecule has 1 heterocycles. The third-order valence-corrected chi connectivity index (χ3v) is 6.20. The third-order valence-electron chi connectivity index (χ3n) is 6.20. The van der Waals surface area contributed by atoms with Crippen LogP contribution in [0, 0.1) is 12.7 Å². The second kappa shape index (κ2) is 12.5. The molecule has 2 aromatic carbocycles. The van der Waals surface area contributed by atoms with Crippen molar-refractivity contribution in [2.24, 2.45) is 0 Å². The highest BCUT2D eigenvalue weighted by molar-refractivity contribution is 5.94. The molecule has 2 unspecified atom stereocenters. The van der Waals surface area contributed by atoms with Gasteiger partial charge < -0.3 is 20.1 Å². The number of carbonyl (C=O) groups excluding carboxylic acids is 1. The minimum atomic E-state index is -4.57. The van der Waals surface area contributed by atoms with Gasteiger partial charge in [0.25, 0.3) is 5.91 Å². The summed E-state index contributed by atoms with van der Waals surface area (Å²) >= 11 is 0. The fraction of sp³-hybridized carbons (Fsp3) is 0.393. The molecule has 3 N–H and O–H groups in total. The molecule has 10 heteroatoms. The van der Waals surface area contributed by atoms with Crippen molar-refractivity contribution in [2.45, 2.75) is 70.5 Å². The topological polar surface area (TPSA) is 87.4 Å². The number of hydrogen-bond acceptors (Lipinski definition) is 4. The SMILES string of the molecule is [CH2]CC(O)CC(O)CCn1c(-c2ccc(F)cc2)nc(C(=O)NCc2ccccc2C(F)(F)F)c1C(C)C. The van der Waals surface area contributed by atoms with Gasteiger partial charge in [0.15, 0.2) is 0 Å². The molecule has 0 fully saturated rings. The number of halogens is 4. The lowest BCUT2D eigenvalue weighted by Crippen LogP contribution is -2.26. The van der Waals surface area contributed by atoms with Gasteiger partial charge in [0.1, 0.15) is 17.3 Å². The largest absolute Gasteiger partial charge is 0.416 e. The predicted molar refractivity (Wildman–Crippen MR) is 136 cm³/mol. The van der Waals surface area contributed by atoms with Crippen molar-refractivity contribution >= 4 is 5.91 Å². The molecule has 0 aliphatic heterocycles. The molecule has 1 aromatic heterocycles. The van der Waals surface area contributed by atoms with Crippen molar-refractivity contribution in [2.75, 3.05) is 0 Å². The summed E-state index contributed by atoms with van der Waals surface area (Å²) in [6.45, 7) is 7.20. The number of hydrogen-bond donors (Lipinski definition) is 3. The van der Waals surface area contributed by atoms with E-state index in [1.165, 1.54) is 42.5 Å². The Morgan fingerprint density at radius 2 is 1.74 bits per heavy atom. The first kappa shape index (κ1) is 29.3. The molecule has 1 radical (unpaired) electrons. The number of alkyl halides is 3. The number of nitrogens with zero attached hydrogens (tertiary/aromatic N) is 2. The van der Waals surface area contributed by atoms with E-state index in [0.717, 1.165) is 6.07 Å². The van der Waals surface area contributed by atoms with E-state index in [9.17, 15) is 32.6 Å². The smallest absolute Gasteiger partial charge is 0.393 e. The van der Waals surface area contributed by atoms with Crippen LogP contribution in [0.3, 0.4) is 0 Å². The maximum absolute atomic E-state index is 13.6. The van der Waals surface area contributed by atoms with Crippen LogP contribution in [0.15, 0.2) is 48.5 Å².